The van der Waals surface area contributed by atoms with Gasteiger partial charge in [0, 0.05) is 21.1 Å². The quantitative estimate of drug-likeness (QED) is 0.0525. The summed E-state index contributed by atoms with van der Waals surface area (Å²) in [4.78, 5) is 0. The zero-order chi connectivity index (χ0) is 39.3. The fourth-order valence-electron chi connectivity index (χ4n) is 4.88. The van der Waals surface area contributed by atoms with Gasteiger partial charge in [-0.15, -0.1) is 0 Å². The van der Waals surface area contributed by atoms with Gasteiger partial charge in [-0.05, 0) is 54.1 Å². The van der Waals surface area contributed by atoms with Gasteiger partial charge in [0.05, 0.1) is 0 Å². The van der Waals surface area contributed by atoms with Crippen LogP contribution in [-0.2, 0) is 30.4 Å². The molecule has 0 aliphatic heterocycles. The Kier molecular flexibility index (Phi) is 26.1. The van der Waals surface area contributed by atoms with E-state index in [1.54, 1.807) is 0 Å². The van der Waals surface area contributed by atoms with E-state index in [9.17, 15) is 17.3 Å². The first-order valence-electron chi connectivity index (χ1n) is 16.6. The molecule has 0 atom stereocenters. The van der Waals surface area contributed by atoms with Crippen LogP contribution in [0, 0.1) is 13.3 Å². The maximum Gasteiger partial charge on any atom is 0 e. The van der Waals surface area contributed by atoms with E-state index in [2.05, 4.69) is 220 Å². The predicted octanol–water partition coefficient (Wildman–Crippen LogP) is 10.2. The van der Waals surface area contributed by atoms with Crippen LogP contribution in [0.5, 0.6) is 0 Å². The molecule has 55 heavy (non-hydrogen) atoms. The van der Waals surface area contributed by atoms with Crippen molar-refractivity contribution in [3.05, 3.63) is 232 Å². The standard InChI is InChI=1S/2C18H15P.C7H8.2CO.BF4.W/c2*1-4-10-16(11-5-1)19(17-12-6-2-7-13-17)18-14-8-3-9-15-18;1-2-4-6-7-5-3-1;2*1-2;2-1(3,4)5;/h2*1-15H;1-6H,7H2;;;;/q;;;;;-1;. The smallest absolute Gasteiger partial charge is 0 e. The van der Waals surface area contributed by atoms with E-state index >= 15 is 0 Å². The molecule has 0 saturated heterocycles. The van der Waals surface area contributed by atoms with Crippen molar-refractivity contribution in [1.29, 1.82) is 0 Å². The zero-order valence-corrected chi connectivity index (χ0v) is 34.4. The minimum atomic E-state index is -6.00. The average Bonchev–Trinajstić information content (AvgIpc) is 3.56. The van der Waals surface area contributed by atoms with Gasteiger partial charge in [-0.3, -0.25) is 0 Å². The molecule has 6 aromatic rings. The number of allylic oxidation sites excluding steroid dienone is 6. The molecule has 0 bridgehead atoms. The molecule has 0 spiro atoms. The number of halogens is 4. The van der Waals surface area contributed by atoms with E-state index in [0.717, 1.165) is 6.42 Å². The van der Waals surface area contributed by atoms with E-state index in [-0.39, 0.29) is 21.1 Å². The van der Waals surface area contributed by atoms with Crippen molar-refractivity contribution in [3.63, 3.8) is 0 Å². The first-order chi connectivity index (χ1) is 26.4. The molecule has 0 heterocycles. The third kappa shape index (κ3) is 20.0. The molecule has 0 amide bonds. The molecule has 0 N–H and O–H groups in total. The van der Waals surface area contributed by atoms with Crippen LogP contribution in [0.25, 0.3) is 0 Å². The molecule has 10 heteroatoms. The summed E-state index contributed by atoms with van der Waals surface area (Å²) in [6.07, 6.45) is 13.5. The van der Waals surface area contributed by atoms with Crippen molar-refractivity contribution >= 4 is 54.9 Å². The van der Waals surface area contributed by atoms with Crippen molar-refractivity contribution in [3.8, 4) is 0 Å². The van der Waals surface area contributed by atoms with E-state index < -0.39 is 23.1 Å². The second-order valence-corrected chi connectivity index (χ2v) is 15.1. The SMILES string of the molecule is C1=CC=CCC=C1.F[B-](F)(F)F.[C-]#[O+].[C-]#[O+].[W].c1ccc(P(c2ccccc2)c2ccccc2)cc1.c1ccc(P(c2ccccc2)c2ccccc2)cc1. The van der Waals surface area contributed by atoms with Crippen LogP contribution < -0.4 is 31.8 Å². The Morgan fingerprint density at radius 3 is 0.673 bits per heavy atom. The Morgan fingerprint density at radius 2 is 0.509 bits per heavy atom. The summed E-state index contributed by atoms with van der Waals surface area (Å²) in [5.41, 5.74) is 0. The van der Waals surface area contributed by atoms with E-state index in [4.69, 9.17) is 9.30 Å². The third-order valence-corrected chi connectivity index (χ3v) is 11.9. The molecular formula is C45H38BF4O2P2W-. The molecule has 0 radical (unpaired) electrons. The Hall–Kier alpha value is -4.65. The van der Waals surface area contributed by atoms with Gasteiger partial charge in [0.15, 0.2) is 0 Å². The first-order valence-corrected chi connectivity index (χ1v) is 19.3. The van der Waals surface area contributed by atoms with Gasteiger partial charge in [0.25, 0.3) is 0 Å². The number of benzene rings is 6. The second-order valence-electron chi connectivity index (χ2n) is 10.7. The summed E-state index contributed by atoms with van der Waals surface area (Å²) in [7, 11) is -6.89. The normalized spacial score (nSPS) is 10.7. The van der Waals surface area contributed by atoms with Crippen molar-refractivity contribution in [2.45, 2.75) is 6.42 Å². The molecule has 2 nitrogen and oxygen atoms in total. The van der Waals surface area contributed by atoms with Crippen LogP contribution in [0.3, 0.4) is 0 Å². The van der Waals surface area contributed by atoms with Gasteiger partial charge in [-0.2, -0.15) is 0 Å². The molecule has 7 rings (SSSR count). The third-order valence-electron chi connectivity index (χ3n) is 6.96. The van der Waals surface area contributed by atoms with E-state index in [0.29, 0.717) is 0 Å². The second kappa shape index (κ2) is 29.7. The first kappa shape index (κ1) is 48.4. The van der Waals surface area contributed by atoms with Crippen molar-refractivity contribution < 1.29 is 47.6 Å². The molecule has 6 aromatic carbocycles. The molecule has 0 fully saturated rings. The Labute approximate surface area is 339 Å². The zero-order valence-electron chi connectivity index (χ0n) is 29.7. The summed E-state index contributed by atoms with van der Waals surface area (Å²) in [6.45, 7) is 9.00. The number of hydrogen-bond donors (Lipinski definition) is 0. The van der Waals surface area contributed by atoms with Crippen LogP contribution in [0.2, 0.25) is 0 Å². The van der Waals surface area contributed by atoms with E-state index in [1.807, 2.05) is 12.2 Å². The summed E-state index contributed by atoms with van der Waals surface area (Å²) in [5, 5.41) is 8.39. The largest absolute Gasteiger partial charge is 0.0622 e. The molecular weight excluding hydrogens is 905 g/mol. The Morgan fingerprint density at radius 1 is 0.345 bits per heavy atom. The predicted molar refractivity (Wildman–Crippen MR) is 220 cm³/mol. The Bertz CT molecular complexity index is 1630. The fraction of sp³-hybridized carbons (Fsp3) is 0.0222. The molecule has 278 valence electrons. The molecule has 0 aromatic heterocycles. The summed E-state index contributed by atoms with van der Waals surface area (Å²) >= 11 is 0. The van der Waals surface area contributed by atoms with E-state index in [1.165, 1.54) is 31.8 Å². The van der Waals surface area contributed by atoms with Crippen LogP contribution >= 0.6 is 15.8 Å². The number of rotatable bonds is 6. The van der Waals surface area contributed by atoms with Crippen molar-refractivity contribution in [2.24, 2.45) is 0 Å². The fourth-order valence-corrected chi connectivity index (χ4v) is 9.49. The minimum absolute atomic E-state index is 0. The van der Waals surface area contributed by atoms with Crippen LogP contribution in [0.1, 0.15) is 6.42 Å². The van der Waals surface area contributed by atoms with Crippen LogP contribution in [0.15, 0.2) is 218 Å². The summed E-state index contributed by atoms with van der Waals surface area (Å²) in [6, 6.07) is 64.7. The molecule has 0 unspecified atom stereocenters. The van der Waals surface area contributed by atoms with Gasteiger partial charge < -0.3 is 17.3 Å². The summed E-state index contributed by atoms with van der Waals surface area (Å²) in [5.74, 6) is 0. The summed E-state index contributed by atoms with van der Waals surface area (Å²) < 4.78 is 54.0. The van der Waals surface area contributed by atoms with Crippen molar-refractivity contribution in [2.75, 3.05) is 0 Å². The van der Waals surface area contributed by atoms with Gasteiger partial charge in [0.2, 0.25) is 0 Å². The van der Waals surface area contributed by atoms with Crippen LogP contribution in [-0.4, -0.2) is 7.25 Å². The van der Waals surface area contributed by atoms with Gasteiger partial charge >= 0.3 is 29.9 Å². The van der Waals surface area contributed by atoms with Gasteiger partial charge in [-0.25, -0.2) is 0 Å². The molecule has 0 saturated carbocycles. The Balaban J connectivity index is 0.000000393. The molecule has 1 aliphatic carbocycles. The number of hydrogen-bond acceptors (Lipinski definition) is 0. The average molecular weight is 943 g/mol. The maximum atomic E-state index is 9.75. The topological polar surface area (TPSA) is 39.8 Å². The van der Waals surface area contributed by atoms with Gasteiger partial charge in [0.1, 0.15) is 0 Å². The molecule has 1 aliphatic rings. The van der Waals surface area contributed by atoms with Crippen molar-refractivity contribution in [1.82, 2.24) is 0 Å². The maximum absolute atomic E-state index is 9.75. The minimum Gasteiger partial charge on any atom is -0.0622 e. The monoisotopic (exact) mass is 943 g/mol. The van der Waals surface area contributed by atoms with Gasteiger partial charge in [-0.1, -0.05) is 218 Å². The van der Waals surface area contributed by atoms with Crippen LogP contribution in [0.4, 0.5) is 17.3 Å².